The number of benzene rings is 1. The molecule has 1 aromatic heterocycles. The van der Waals surface area contributed by atoms with Gasteiger partial charge in [0, 0.05) is 42.7 Å². The lowest BCUT2D eigenvalue weighted by Gasteiger charge is -2.34. The number of nitrogens with zero attached hydrogens (tertiary/aromatic N) is 3. The molecule has 0 bridgehead atoms. The summed E-state index contributed by atoms with van der Waals surface area (Å²) in [6.07, 6.45) is 0. The first-order valence-corrected chi connectivity index (χ1v) is 10.9. The molecule has 2 aromatic rings. The molecular weight excluding hydrogens is 368 g/mol. The van der Waals surface area contributed by atoms with Crippen LogP contribution in [0.1, 0.15) is 36.9 Å². The Balaban J connectivity index is 1.50. The number of aryl methyl sites for hydroxylation is 2. The number of hydrogen-bond donors (Lipinski definition) is 1. The van der Waals surface area contributed by atoms with Crippen molar-refractivity contribution in [1.82, 2.24) is 20.1 Å². The van der Waals surface area contributed by atoms with Gasteiger partial charge in [-0.05, 0) is 40.2 Å². The van der Waals surface area contributed by atoms with Crippen molar-refractivity contribution >= 4 is 17.2 Å². The van der Waals surface area contributed by atoms with E-state index in [0.29, 0.717) is 6.54 Å². The maximum absolute atomic E-state index is 12.1. The summed E-state index contributed by atoms with van der Waals surface area (Å²) in [5, 5.41) is 6.37. The molecule has 28 heavy (non-hydrogen) atoms. The predicted molar refractivity (Wildman–Crippen MR) is 117 cm³/mol. The van der Waals surface area contributed by atoms with Gasteiger partial charge in [-0.2, -0.15) is 0 Å². The van der Waals surface area contributed by atoms with Crippen LogP contribution in [0, 0.1) is 13.8 Å². The lowest BCUT2D eigenvalue weighted by molar-refractivity contribution is -0.124. The number of aromatic nitrogens is 1. The number of carbonyl (C=O) groups is 1. The third-order valence-corrected chi connectivity index (χ3v) is 5.75. The van der Waals surface area contributed by atoms with Crippen molar-refractivity contribution in [3.63, 3.8) is 0 Å². The van der Waals surface area contributed by atoms with E-state index < -0.39 is 0 Å². The Morgan fingerprint density at radius 3 is 2.46 bits per heavy atom. The van der Waals surface area contributed by atoms with Gasteiger partial charge in [0.15, 0.2) is 0 Å². The number of carbonyl (C=O) groups excluding carboxylic acids is 1. The van der Waals surface area contributed by atoms with Gasteiger partial charge >= 0.3 is 0 Å². The van der Waals surface area contributed by atoms with Crippen molar-refractivity contribution in [2.75, 3.05) is 32.7 Å². The summed E-state index contributed by atoms with van der Waals surface area (Å²) in [6, 6.07) is 6.53. The fourth-order valence-electron chi connectivity index (χ4n) is 3.57. The van der Waals surface area contributed by atoms with Crippen LogP contribution in [-0.2, 0) is 11.3 Å². The molecule has 1 aromatic carbocycles. The maximum Gasteiger partial charge on any atom is 0.234 e. The van der Waals surface area contributed by atoms with E-state index in [4.69, 9.17) is 4.98 Å². The van der Waals surface area contributed by atoms with Crippen LogP contribution >= 0.6 is 11.3 Å². The minimum atomic E-state index is -0.169. The Morgan fingerprint density at radius 2 is 1.82 bits per heavy atom. The van der Waals surface area contributed by atoms with E-state index in [-0.39, 0.29) is 11.4 Å². The summed E-state index contributed by atoms with van der Waals surface area (Å²) < 4.78 is 0. The zero-order chi connectivity index (χ0) is 20.3. The Labute approximate surface area is 172 Å². The fraction of sp³-hybridized carbons (Fsp3) is 0.545. The first-order valence-electron chi connectivity index (χ1n) is 9.97. The predicted octanol–water partition coefficient (Wildman–Crippen LogP) is 3.46. The first kappa shape index (κ1) is 21.0. The topological polar surface area (TPSA) is 48.5 Å². The molecule has 2 heterocycles. The Hall–Kier alpha value is -1.76. The van der Waals surface area contributed by atoms with Crippen molar-refractivity contribution < 1.29 is 4.79 Å². The molecule has 1 fully saturated rings. The Bertz CT molecular complexity index is 816. The summed E-state index contributed by atoms with van der Waals surface area (Å²) in [5.41, 5.74) is 4.69. The fourth-order valence-corrected chi connectivity index (χ4v) is 4.40. The highest BCUT2D eigenvalue weighted by molar-refractivity contribution is 7.09. The SMILES string of the molecule is Cc1ccc(-c2csc(CN3CCN(CC(=O)NC(C)(C)C)CC3)n2)c(C)c1. The van der Waals surface area contributed by atoms with Crippen molar-refractivity contribution in [2.24, 2.45) is 0 Å². The third-order valence-electron chi connectivity index (χ3n) is 4.92. The minimum absolute atomic E-state index is 0.110. The molecule has 0 aliphatic carbocycles. The van der Waals surface area contributed by atoms with Gasteiger partial charge in [-0.15, -0.1) is 11.3 Å². The molecule has 152 valence electrons. The lowest BCUT2D eigenvalue weighted by Crippen LogP contribution is -2.51. The van der Waals surface area contributed by atoms with Crippen LogP contribution in [0.15, 0.2) is 23.6 Å². The van der Waals surface area contributed by atoms with Gasteiger partial charge in [0.25, 0.3) is 0 Å². The van der Waals surface area contributed by atoms with Crippen molar-refractivity contribution in [3.8, 4) is 11.3 Å². The molecule has 1 aliphatic rings. The molecule has 3 rings (SSSR count). The van der Waals surface area contributed by atoms with Crippen molar-refractivity contribution in [1.29, 1.82) is 0 Å². The number of nitrogens with one attached hydrogen (secondary N) is 1. The van der Waals surface area contributed by atoms with Gasteiger partial charge in [-0.3, -0.25) is 14.6 Å². The van der Waals surface area contributed by atoms with Crippen LogP contribution in [0.5, 0.6) is 0 Å². The number of amides is 1. The van der Waals surface area contributed by atoms with E-state index in [2.05, 4.69) is 52.5 Å². The van der Waals surface area contributed by atoms with Crippen LogP contribution in [-0.4, -0.2) is 59.0 Å². The molecule has 1 aliphatic heterocycles. The second-order valence-corrected chi connectivity index (χ2v) is 9.74. The lowest BCUT2D eigenvalue weighted by atomic mass is 10.0. The molecule has 0 saturated carbocycles. The van der Waals surface area contributed by atoms with E-state index >= 15 is 0 Å². The average Bonchev–Trinajstić information content (AvgIpc) is 3.03. The van der Waals surface area contributed by atoms with E-state index in [0.717, 1.165) is 43.4 Å². The van der Waals surface area contributed by atoms with Gasteiger partial charge in [-0.1, -0.05) is 23.8 Å². The second-order valence-electron chi connectivity index (χ2n) is 8.80. The smallest absolute Gasteiger partial charge is 0.234 e. The van der Waals surface area contributed by atoms with E-state index in [1.807, 2.05) is 20.8 Å². The minimum Gasteiger partial charge on any atom is -0.350 e. The number of thiazole rings is 1. The molecule has 1 N–H and O–H groups in total. The zero-order valence-corrected chi connectivity index (χ0v) is 18.5. The quantitative estimate of drug-likeness (QED) is 0.835. The third kappa shape index (κ3) is 5.87. The zero-order valence-electron chi connectivity index (χ0n) is 17.7. The monoisotopic (exact) mass is 400 g/mol. The molecule has 0 unspecified atom stereocenters. The normalized spacial score (nSPS) is 16.3. The molecule has 0 radical (unpaired) electrons. The molecule has 1 saturated heterocycles. The van der Waals surface area contributed by atoms with Crippen LogP contribution in [0.25, 0.3) is 11.3 Å². The van der Waals surface area contributed by atoms with Crippen molar-refractivity contribution in [2.45, 2.75) is 46.7 Å². The summed E-state index contributed by atoms with van der Waals surface area (Å²) >= 11 is 1.74. The first-order chi connectivity index (χ1) is 13.2. The number of rotatable bonds is 5. The maximum atomic E-state index is 12.1. The largest absolute Gasteiger partial charge is 0.350 e. The molecular formula is C22H32N4OS. The number of piperazine rings is 1. The van der Waals surface area contributed by atoms with Gasteiger partial charge in [0.05, 0.1) is 18.8 Å². The Morgan fingerprint density at radius 1 is 1.14 bits per heavy atom. The highest BCUT2D eigenvalue weighted by Gasteiger charge is 2.22. The molecule has 6 heteroatoms. The van der Waals surface area contributed by atoms with Gasteiger partial charge < -0.3 is 5.32 Å². The number of hydrogen-bond acceptors (Lipinski definition) is 5. The standard InChI is InChI=1S/C22H32N4OS/c1-16-6-7-18(17(2)12-16)19-15-28-21(23-19)14-26-10-8-25(9-11-26)13-20(27)24-22(3,4)5/h6-7,12,15H,8-11,13-14H2,1-5H3,(H,24,27). The van der Waals surface area contributed by atoms with Crippen LogP contribution in [0.3, 0.4) is 0 Å². The highest BCUT2D eigenvalue weighted by atomic mass is 32.1. The summed E-state index contributed by atoms with van der Waals surface area (Å²) in [7, 11) is 0. The molecule has 0 spiro atoms. The van der Waals surface area contributed by atoms with E-state index in [1.54, 1.807) is 11.3 Å². The highest BCUT2D eigenvalue weighted by Crippen LogP contribution is 2.26. The molecule has 1 amide bonds. The van der Waals surface area contributed by atoms with Gasteiger partial charge in [-0.25, -0.2) is 4.98 Å². The van der Waals surface area contributed by atoms with Gasteiger partial charge in [0.1, 0.15) is 5.01 Å². The van der Waals surface area contributed by atoms with Crippen LogP contribution in [0.4, 0.5) is 0 Å². The average molecular weight is 401 g/mol. The summed E-state index contributed by atoms with van der Waals surface area (Å²) in [6.45, 7) is 15.5. The summed E-state index contributed by atoms with van der Waals surface area (Å²) in [4.78, 5) is 21.7. The van der Waals surface area contributed by atoms with Crippen molar-refractivity contribution in [3.05, 3.63) is 39.7 Å². The molecule has 0 atom stereocenters. The second kappa shape index (κ2) is 8.72. The molecule has 5 nitrogen and oxygen atoms in total. The summed E-state index contributed by atoms with van der Waals surface area (Å²) in [5.74, 6) is 0.110. The van der Waals surface area contributed by atoms with Crippen LogP contribution < -0.4 is 5.32 Å². The van der Waals surface area contributed by atoms with E-state index in [1.165, 1.54) is 16.7 Å². The van der Waals surface area contributed by atoms with Crippen LogP contribution in [0.2, 0.25) is 0 Å². The van der Waals surface area contributed by atoms with Gasteiger partial charge in [0.2, 0.25) is 5.91 Å². The Kier molecular flexibility index (Phi) is 6.53. The van der Waals surface area contributed by atoms with E-state index in [9.17, 15) is 4.79 Å².